The van der Waals surface area contributed by atoms with Gasteiger partial charge in [0.15, 0.2) is 6.10 Å². The van der Waals surface area contributed by atoms with Crippen molar-refractivity contribution in [2.75, 3.05) is 13.2 Å². The minimum absolute atomic E-state index is 0.199. The smallest absolute Gasteiger partial charge is 0.462 e. The Morgan fingerprint density at radius 2 is 0.833 bits per heavy atom. The van der Waals surface area contributed by atoms with E-state index in [0.29, 0.717) is 6.42 Å². The van der Waals surface area contributed by atoms with Crippen LogP contribution in [0.3, 0.4) is 0 Å². The minimum Gasteiger partial charge on any atom is -0.462 e. The lowest BCUT2D eigenvalue weighted by atomic mass is 10.0. The Labute approximate surface area is 332 Å². The highest BCUT2D eigenvalue weighted by atomic mass is 31.2. The molecule has 0 rings (SSSR count). The Morgan fingerprint density at radius 1 is 0.481 bits per heavy atom. The number of allylic oxidation sites excluding steroid dienone is 4. The molecule has 8 nitrogen and oxygen atoms in total. The van der Waals surface area contributed by atoms with E-state index in [1.165, 1.54) is 141 Å². The van der Waals surface area contributed by atoms with E-state index >= 15 is 0 Å². The highest BCUT2D eigenvalue weighted by Crippen LogP contribution is 2.36. The first-order chi connectivity index (χ1) is 26.3. The van der Waals surface area contributed by atoms with Crippen LogP contribution in [0.5, 0.6) is 0 Å². The molecule has 0 aliphatic rings. The zero-order valence-electron chi connectivity index (χ0n) is 35.1. The summed E-state index contributed by atoms with van der Waals surface area (Å²) in [5.41, 5.74) is 0. The summed E-state index contributed by atoms with van der Waals surface area (Å²) in [6.45, 7) is 3.68. The average Bonchev–Trinajstić information content (AvgIpc) is 3.14. The van der Waals surface area contributed by atoms with E-state index in [9.17, 15) is 14.2 Å². The normalized spacial score (nSPS) is 12.6. The predicted octanol–water partition coefficient (Wildman–Crippen LogP) is 14.0. The summed E-state index contributed by atoms with van der Waals surface area (Å²) in [4.78, 5) is 42.9. The lowest BCUT2D eigenvalue weighted by Crippen LogP contribution is -2.29. The highest BCUT2D eigenvalue weighted by Gasteiger charge is 2.22. The summed E-state index contributed by atoms with van der Waals surface area (Å²) in [6, 6.07) is 0. The molecule has 0 fully saturated rings. The van der Waals surface area contributed by atoms with Crippen LogP contribution in [0.15, 0.2) is 24.3 Å². The molecule has 0 spiro atoms. The van der Waals surface area contributed by atoms with Gasteiger partial charge in [-0.15, -0.1) is 0 Å². The van der Waals surface area contributed by atoms with E-state index in [1.54, 1.807) is 0 Å². The van der Waals surface area contributed by atoms with Gasteiger partial charge in [0.2, 0.25) is 0 Å². The molecule has 0 amide bonds. The van der Waals surface area contributed by atoms with Crippen LogP contribution < -0.4 is 0 Å². The number of carbonyl (C=O) groups excluding carboxylic acids is 2. The van der Waals surface area contributed by atoms with Crippen molar-refractivity contribution < 1.29 is 37.9 Å². The SMILES string of the molecule is CCCCC/C=C\C/C=C\CCCCCCCC(=O)O[C@H](COC(=O)CCCCCCCCCCCCCCCCCCCCCCC)COP(=O)(O)O. The third-order valence-electron chi connectivity index (χ3n) is 9.97. The molecule has 9 heteroatoms. The second-order valence-electron chi connectivity index (χ2n) is 15.4. The molecule has 54 heavy (non-hydrogen) atoms. The molecular weight excluding hydrogens is 699 g/mol. The van der Waals surface area contributed by atoms with Gasteiger partial charge in [-0.05, 0) is 44.9 Å². The van der Waals surface area contributed by atoms with E-state index in [4.69, 9.17) is 19.3 Å². The van der Waals surface area contributed by atoms with E-state index in [0.717, 1.165) is 57.8 Å². The number of phosphoric acid groups is 1. The number of ether oxygens (including phenoxy) is 2. The number of esters is 2. The van der Waals surface area contributed by atoms with Crippen LogP contribution >= 0.6 is 7.82 Å². The predicted molar refractivity (Wildman–Crippen MR) is 225 cm³/mol. The Morgan fingerprint density at radius 3 is 1.26 bits per heavy atom. The molecule has 0 aliphatic carbocycles. The Balaban J connectivity index is 3.84. The van der Waals surface area contributed by atoms with Crippen molar-refractivity contribution in [2.45, 2.75) is 238 Å². The molecule has 0 aliphatic heterocycles. The lowest BCUT2D eigenvalue weighted by molar-refractivity contribution is -0.161. The van der Waals surface area contributed by atoms with Crippen LogP contribution in [0.25, 0.3) is 0 Å². The van der Waals surface area contributed by atoms with Gasteiger partial charge in [-0.1, -0.05) is 199 Å². The van der Waals surface area contributed by atoms with Crippen molar-refractivity contribution in [3.05, 3.63) is 24.3 Å². The van der Waals surface area contributed by atoms with E-state index in [2.05, 4.69) is 42.7 Å². The van der Waals surface area contributed by atoms with Gasteiger partial charge in [-0.3, -0.25) is 14.1 Å². The van der Waals surface area contributed by atoms with Crippen molar-refractivity contribution >= 4 is 19.8 Å². The molecule has 0 aromatic rings. The summed E-state index contributed by atoms with van der Waals surface area (Å²) in [6.07, 6.45) is 47.6. The fourth-order valence-corrected chi connectivity index (χ4v) is 6.94. The molecule has 0 saturated carbocycles. The fraction of sp³-hybridized carbons (Fsp3) is 0.867. The van der Waals surface area contributed by atoms with E-state index in [1.807, 2.05) is 0 Å². The maximum Gasteiger partial charge on any atom is 0.469 e. The molecule has 0 aromatic carbocycles. The minimum atomic E-state index is -4.76. The lowest BCUT2D eigenvalue weighted by Gasteiger charge is -2.18. The van der Waals surface area contributed by atoms with Crippen molar-refractivity contribution in [3.63, 3.8) is 0 Å². The summed E-state index contributed by atoms with van der Waals surface area (Å²) >= 11 is 0. The van der Waals surface area contributed by atoms with Gasteiger partial charge >= 0.3 is 19.8 Å². The topological polar surface area (TPSA) is 119 Å². The first kappa shape index (κ1) is 52.5. The number of rotatable bonds is 42. The van der Waals surface area contributed by atoms with Gasteiger partial charge in [-0.25, -0.2) is 4.57 Å². The van der Waals surface area contributed by atoms with Crippen LogP contribution in [0.2, 0.25) is 0 Å². The molecule has 2 N–H and O–H groups in total. The van der Waals surface area contributed by atoms with Crippen LogP contribution in [-0.2, 0) is 28.2 Å². The monoisotopic (exact) mass is 785 g/mol. The Bertz CT molecular complexity index is 931. The van der Waals surface area contributed by atoms with E-state index in [-0.39, 0.29) is 19.4 Å². The molecule has 0 radical (unpaired) electrons. The standard InChI is InChI=1S/C45H85O8P/c1-3-5-7-9-11-13-15-17-19-20-21-22-23-24-26-27-29-31-33-35-37-39-44(46)51-41-43(42-52-54(48,49)50)53-45(47)40-38-36-34-32-30-28-25-18-16-14-12-10-8-6-4-2/h12,14,18,25,43H,3-11,13,15-17,19-24,26-42H2,1-2H3,(H2,48,49,50)/b14-12-,25-18-/t43-/m1/s1. The number of phosphoric ester groups is 1. The van der Waals surface area contributed by atoms with Crippen molar-refractivity contribution in [1.82, 2.24) is 0 Å². The number of carbonyl (C=O) groups is 2. The van der Waals surface area contributed by atoms with Gasteiger partial charge in [0.05, 0.1) is 6.61 Å². The van der Waals surface area contributed by atoms with Crippen LogP contribution in [0.4, 0.5) is 0 Å². The van der Waals surface area contributed by atoms with Crippen molar-refractivity contribution in [3.8, 4) is 0 Å². The van der Waals surface area contributed by atoms with Crippen LogP contribution in [0.1, 0.15) is 232 Å². The van der Waals surface area contributed by atoms with Gasteiger partial charge in [0.1, 0.15) is 6.61 Å². The molecular formula is C45H85O8P. The van der Waals surface area contributed by atoms with Gasteiger partial charge in [0.25, 0.3) is 0 Å². The summed E-state index contributed by atoms with van der Waals surface area (Å²) < 4.78 is 26.4. The van der Waals surface area contributed by atoms with Crippen molar-refractivity contribution in [1.29, 1.82) is 0 Å². The fourth-order valence-electron chi connectivity index (χ4n) is 6.58. The molecule has 0 heterocycles. The maximum absolute atomic E-state index is 12.4. The second kappa shape index (κ2) is 41.2. The zero-order chi connectivity index (χ0) is 39.6. The highest BCUT2D eigenvalue weighted by molar-refractivity contribution is 7.46. The first-order valence-electron chi connectivity index (χ1n) is 22.6. The van der Waals surface area contributed by atoms with Crippen LogP contribution in [0, 0.1) is 0 Å². The molecule has 318 valence electrons. The van der Waals surface area contributed by atoms with Crippen LogP contribution in [-0.4, -0.2) is 41.0 Å². The third-order valence-corrected chi connectivity index (χ3v) is 10.5. The average molecular weight is 785 g/mol. The van der Waals surface area contributed by atoms with Gasteiger partial charge in [0, 0.05) is 12.8 Å². The second-order valence-corrected chi connectivity index (χ2v) is 16.6. The Kier molecular flexibility index (Phi) is 40.1. The molecule has 0 saturated heterocycles. The third kappa shape index (κ3) is 43.3. The molecule has 1 atom stereocenters. The summed E-state index contributed by atoms with van der Waals surface area (Å²) in [7, 11) is -4.76. The van der Waals surface area contributed by atoms with Crippen molar-refractivity contribution in [2.24, 2.45) is 0 Å². The Hall–Kier alpha value is -1.47. The maximum atomic E-state index is 12.4. The number of unbranched alkanes of at least 4 members (excludes halogenated alkanes) is 28. The quantitative estimate of drug-likeness (QED) is 0.0272. The number of hydrogen-bond donors (Lipinski definition) is 2. The molecule has 0 aromatic heterocycles. The first-order valence-corrected chi connectivity index (χ1v) is 24.2. The summed E-state index contributed by atoms with van der Waals surface area (Å²) in [5.74, 6) is -0.890. The van der Waals surface area contributed by atoms with Gasteiger partial charge < -0.3 is 19.3 Å². The van der Waals surface area contributed by atoms with Gasteiger partial charge in [-0.2, -0.15) is 0 Å². The van der Waals surface area contributed by atoms with E-state index < -0.39 is 32.5 Å². The number of hydrogen-bond acceptors (Lipinski definition) is 6. The summed E-state index contributed by atoms with van der Waals surface area (Å²) in [5, 5.41) is 0. The largest absolute Gasteiger partial charge is 0.469 e. The zero-order valence-corrected chi connectivity index (χ0v) is 36.0. The molecule has 0 unspecified atom stereocenters. The molecule has 0 bridgehead atoms.